The van der Waals surface area contributed by atoms with Crippen LogP contribution in [0.2, 0.25) is 0 Å². The Morgan fingerprint density at radius 1 is 1.55 bits per heavy atom. The van der Waals surface area contributed by atoms with Crippen molar-refractivity contribution in [1.29, 1.82) is 0 Å². The zero-order valence-corrected chi connectivity index (χ0v) is 13.2. The zero-order valence-electron chi connectivity index (χ0n) is 12.4. The standard InChI is InChI=1S/C14H25N3O2S/c1-3-6-17-7-5-16-14(17)10-13(15-2)9-12-4-8-20(18,19)11-12/h5,7,12-13,15H,3-4,6,8-11H2,1-2H3. The summed E-state index contributed by atoms with van der Waals surface area (Å²) in [7, 11) is -0.831. The minimum Gasteiger partial charge on any atom is -0.335 e. The van der Waals surface area contributed by atoms with Crippen LogP contribution < -0.4 is 5.32 Å². The Bertz CT molecular complexity index is 524. The van der Waals surface area contributed by atoms with E-state index in [0.29, 0.717) is 23.5 Å². The van der Waals surface area contributed by atoms with Gasteiger partial charge in [-0.3, -0.25) is 0 Å². The summed E-state index contributed by atoms with van der Waals surface area (Å²) in [6.07, 6.45) is 7.54. The van der Waals surface area contributed by atoms with Crippen LogP contribution in [0, 0.1) is 5.92 Å². The highest BCUT2D eigenvalue weighted by Gasteiger charge is 2.29. The Balaban J connectivity index is 1.94. The molecule has 2 rings (SSSR count). The van der Waals surface area contributed by atoms with Gasteiger partial charge in [0.15, 0.2) is 9.84 Å². The van der Waals surface area contributed by atoms with Gasteiger partial charge in [-0.2, -0.15) is 0 Å². The van der Waals surface area contributed by atoms with Crippen molar-refractivity contribution in [2.24, 2.45) is 5.92 Å². The van der Waals surface area contributed by atoms with E-state index in [9.17, 15) is 8.42 Å². The van der Waals surface area contributed by atoms with Crippen LogP contribution in [0.1, 0.15) is 32.0 Å². The lowest BCUT2D eigenvalue weighted by Crippen LogP contribution is -2.31. The lowest BCUT2D eigenvalue weighted by Gasteiger charge is -2.19. The maximum atomic E-state index is 11.5. The maximum Gasteiger partial charge on any atom is 0.150 e. The number of nitrogens with one attached hydrogen (secondary N) is 1. The van der Waals surface area contributed by atoms with Gasteiger partial charge in [0.05, 0.1) is 11.5 Å². The molecule has 1 fully saturated rings. The Morgan fingerprint density at radius 2 is 2.35 bits per heavy atom. The summed E-state index contributed by atoms with van der Waals surface area (Å²) in [5.41, 5.74) is 0. The number of sulfone groups is 1. The van der Waals surface area contributed by atoms with Crippen LogP contribution >= 0.6 is 0 Å². The van der Waals surface area contributed by atoms with Crippen molar-refractivity contribution >= 4 is 9.84 Å². The molecule has 0 saturated carbocycles. The summed E-state index contributed by atoms with van der Waals surface area (Å²) >= 11 is 0. The van der Waals surface area contributed by atoms with Crippen LogP contribution in [0.25, 0.3) is 0 Å². The number of imidazole rings is 1. The molecule has 1 aliphatic rings. The van der Waals surface area contributed by atoms with Crippen LogP contribution in [0.15, 0.2) is 12.4 Å². The average Bonchev–Trinajstić information content (AvgIpc) is 2.96. The number of rotatable bonds is 7. The predicted molar refractivity (Wildman–Crippen MR) is 80.4 cm³/mol. The fourth-order valence-electron chi connectivity index (χ4n) is 2.96. The van der Waals surface area contributed by atoms with E-state index in [0.717, 1.165) is 38.1 Å². The molecule has 0 radical (unpaired) electrons. The third-order valence-electron chi connectivity index (χ3n) is 4.05. The van der Waals surface area contributed by atoms with Gasteiger partial charge in [-0.05, 0) is 32.2 Å². The first-order valence-electron chi connectivity index (χ1n) is 7.41. The molecule has 1 aliphatic heterocycles. The quantitative estimate of drug-likeness (QED) is 0.823. The molecule has 0 bridgehead atoms. The van der Waals surface area contributed by atoms with Crippen molar-refractivity contribution in [3.63, 3.8) is 0 Å². The van der Waals surface area contributed by atoms with Crippen molar-refractivity contribution in [2.75, 3.05) is 18.6 Å². The van der Waals surface area contributed by atoms with Crippen molar-refractivity contribution in [2.45, 2.75) is 45.2 Å². The van der Waals surface area contributed by atoms with E-state index in [1.54, 1.807) is 0 Å². The molecule has 20 heavy (non-hydrogen) atoms. The molecule has 5 nitrogen and oxygen atoms in total. The predicted octanol–water partition coefficient (Wildman–Crippen LogP) is 1.25. The Morgan fingerprint density at radius 3 is 2.95 bits per heavy atom. The lowest BCUT2D eigenvalue weighted by molar-refractivity contribution is 0.413. The highest BCUT2D eigenvalue weighted by Crippen LogP contribution is 2.23. The van der Waals surface area contributed by atoms with Crippen LogP contribution in [-0.4, -0.2) is 42.6 Å². The Hall–Kier alpha value is -0.880. The number of hydrogen-bond donors (Lipinski definition) is 1. The lowest BCUT2D eigenvalue weighted by atomic mass is 9.97. The van der Waals surface area contributed by atoms with Gasteiger partial charge < -0.3 is 9.88 Å². The van der Waals surface area contributed by atoms with Gasteiger partial charge in [-0.15, -0.1) is 0 Å². The molecule has 1 saturated heterocycles. The fourth-order valence-corrected chi connectivity index (χ4v) is 4.84. The van der Waals surface area contributed by atoms with Crippen LogP contribution in [-0.2, 0) is 22.8 Å². The molecule has 2 atom stereocenters. The molecule has 0 amide bonds. The van der Waals surface area contributed by atoms with Crippen molar-refractivity contribution in [3.8, 4) is 0 Å². The second kappa shape index (κ2) is 6.72. The van der Waals surface area contributed by atoms with E-state index < -0.39 is 9.84 Å². The molecular formula is C14H25N3O2S. The summed E-state index contributed by atoms with van der Waals surface area (Å²) in [5.74, 6) is 2.10. The first kappa shape index (κ1) is 15.5. The topological polar surface area (TPSA) is 64.0 Å². The summed E-state index contributed by atoms with van der Waals surface area (Å²) < 4.78 is 25.3. The Labute approximate surface area is 121 Å². The second-order valence-electron chi connectivity index (χ2n) is 5.73. The maximum absolute atomic E-state index is 11.5. The molecule has 0 spiro atoms. The normalized spacial score (nSPS) is 23.0. The molecule has 2 heterocycles. The van der Waals surface area contributed by atoms with Gasteiger partial charge in [0.25, 0.3) is 0 Å². The Kier molecular flexibility index (Phi) is 5.21. The number of hydrogen-bond acceptors (Lipinski definition) is 4. The van der Waals surface area contributed by atoms with Crippen LogP contribution in [0.3, 0.4) is 0 Å². The van der Waals surface area contributed by atoms with E-state index in [1.165, 1.54) is 0 Å². The van der Waals surface area contributed by atoms with E-state index in [4.69, 9.17) is 0 Å². The SMILES string of the molecule is CCCn1ccnc1CC(CC1CCS(=O)(=O)C1)NC. The van der Waals surface area contributed by atoms with E-state index in [-0.39, 0.29) is 0 Å². The van der Waals surface area contributed by atoms with Gasteiger partial charge >= 0.3 is 0 Å². The average molecular weight is 299 g/mol. The van der Waals surface area contributed by atoms with Crippen molar-refractivity contribution in [1.82, 2.24) is 14.9 Å². The van der Waals surface area contributed by atoms with E-state index >= 15 is 0 Å². The van der Waals surface area contributed by atoms with E-state index in [1.807, 2.05) is 19.4 Å². The first-order valence-corrected chi connectivity index (χ1v) is 9.24. The van der Waals surface area contributed by atoms with Crippen molar-refractivity contribution in [3.05, 3.63) is 18.2 Å². The first-order chi connectivity index (χ1) is 9.54. The van der Waals surface area contributed by atoms with Gasteiger partial charge in [0.1, 0.15) is 5.82 Å². The summed E-state index contributed by atoms with van der Waals surface area (Å²) in [5, 5.41) is 3.32. The smallest absolute Gasteiger partial charge is 0.150 e. The van der Waals surface area contributed by atoms with E-state index in [2.05, 4.69) is 21.8 Å². The molecular weight excluding hydrogens is 274 g/mol. The van der Waals surface area contributed by atoms with Gasteiger partial charge in [0.2, 0.25) is 0 Å². The molecule has 0 aliphatic carbocycles. The second-order valence-corrected chi connectivity index (χ2v) is 7.96. The van der Waals surface area contributed by atoms with Crippen molar-refractivity contribution < 1.29 is 8.42 Å². The highest BCUT2D eigenvalue weighted by molar-refractivity contribution is 7.91. The molecule has 1 aromatic heterocycles. The minimum absolute atomic E-state index is 0.298. The summed E-state index contributed by atoms with van der Waals surface area (Å²) in [6.45, 7) is 3.15. The molecule has 114 valence electrons. The number of aryl methyl sites for hydroxylation is 1. The number of aromatic nitrogens is 2. The van der Waals surface area contributed by atoms with Crippen LogP contribution in [0.5, 0.6) is 0 Å². The third kappa shape index (κ3) is 4.06. The number of likely N-dealkylation sites (N-methyl/N-ethyl adjacent to an activating group) is 1. The molecule has 6 heteroatoms. The fraction of sp³-hybridized carbons (Fsp3) is 0.786. The number of nitrogens with zero attached hydrogens (tertiary/aromatic N) is 2. The largest absolute Gasteiger partial charge is 0.335 e. The van der Waals surface area contributed by atoms with Gasteiger partial charge in [-0.1, -0.05) is 6.92 Å². The highest BCUT2D eigenvalue weighted by atomic mass is 32.2. The zero-order chi connectivity index (χ0) is 14.6. The van der Waals surface area contributed by atoms with Gasteiger partial charge in [0, 0.05) is 31.4 Å². The molecule has 0 aromatic carbocycles. The summed E-state index contributed by atoms with van der Waals surface area (Å²) in [4.78, 5) is 4.43. The monoisotopic (exact) mass is 299 g/mol. The van der Waals surface area contributed by atoms with Crippen LogP contribution in [0.4, 0.5) is 0 Å². The van der Waals surface area contributed by atoms with Gasteiger partial charge in [-0.25, -0.2) is 13.4 Å². The summed E-state index contributed by atoms with van der Waals surface area (Å²) in [6, 6.07) is 0.298. The third-order valence-corrected chi connectivity index (χ3v) is 5.89. The molecule has 2 unspecified atom stereocenters. The minimum atomic E-state index is -2.78. The molecule has 1 aromatic rings. The molecule has 1 N–H and O–H groups in total.